The van der Waals surface area contributed by atoms with Crippen LogP contribution < -0.4 is 4.90 Å². The predicted octanol–water partition coefficient (Wildman–Crippen LogP) is 2.35. The van der Waals surface area contributed by atoms with Gasteiger partial charge < -0.3 is 14.6 Å². The normalized spacial score (nSPS) is 22.6. The van der Waals surface area contributed by atoms with Crippen molar-refractivity contribution in [2.45, 2.75) is 18.4 Å². The van der Waals surface area contributed by atoms with Crippen molar-refractivity contribution in [2.24, 2.45) is 0 Å². The van der Waals surface area contributed by atoms with Gasteiger partial charge >= 0.3 is 0 Å². The Hall–Kier alpha value is -1.53. The summed E-state index contributed by atoms with van der Waals surface area (Å²) in [5.74, 6) is 0. The second-order valence-corrected chi connectivity index (χ2v) is 5.45. The lowest BCUT2D eigenvalue weighted by Crippen LogP contribution is -2.45. The first-order valence-electron chi connectivity index (χ1n) is 6.67. The Bertz CT molecular complexity index is 477. The van der Waals surface area contributed by atoms with Crippen LogP contribution in [0.4, 0.5) is 5.69 Å². The summed E-state index contributed by atoms with van der Waals surface area (Å²) in [6.07, 6.45) is 2.06. The van der Waals surface area contributed by atoms with Gasteiger partial charge in [0.15, 0.2) is 0 Å². The van der Waals surface area contributed by atoms with E-state index < -0.39 is 0 Å². The lowest BCUT2D eigenvalue weighted by atomic mass is 10.0. The van der Waals surface area contributed by atoms with Gasteiger partial charge in [-0.2, -0.15) is 0 Å². The molecule has 0 N–H and O–H groups in total. The van der Waals surface area contributed by atoms with Gasteiger partial charge in [0, 0.05) is 44.7 Å². The first-order chi connectivity index (χ1) is 8.75. The number of hydrogen-bond donors (Lipinski definition) is 0. The summed E-state index contributed by atoms with van der Waals surface area (Å²) >= 11 is 0. The number of likely N-dealkylation sites (N-methyl/N-ethyl adjacent to an activating group) is 1. The fourth-order valence-electron chi connectivity index (χ4n) is 2.75. The van der Waals surface area contributed by atoms with Crippen molar-refractivity contribution in [3.05, 3.63) is 41.2 Å². The van der Waals surface area contributed by atoms with Crippen molar-refractivity contribution in [2.75, 3.05) is 38.1 Å². The van der Waals surface area contributed by atoms with Crippen LogP contribution in [0, 0.1) is 6.57 Å². The average molecular weight is 241 g/mol. The molecule has 1 aliphatic heterocycles. The van der Waals surface area contributed by atoms with Crippen LogP contribution in [-0.2, 0) is 5.54 Å². The van der Waals surface area contributed by atoms with E-state index in [0.717, 1.165) is 39.0 Å². The highest BCUT2D eigenvalue weighted by Crippen LogP contribution is 2.52. The number of rotatable bonds is 2. The smallest absolute Gasteiger partial charge is 0.260 e. The van der Waals surface area contributed by atoms with Crippen LogP contribution in [0.25, 0.3) is 4.85 Å². The zero-order chi connectivity index (χ0) is 12.6. The molecule has 1 heterocycles. The Kier molecular flexibility index (Phi) is 2.76. The summed E-state index contributed by atoms with van der Waals surface area (Å²) in [6.45, 7) is 11.8. The molecular formula is C15H19N3. The maximum atomic E-state index is 7.45. The number of anilines is 1. The second kappa shape index (κ2) is 4.29. The zero-order valence-corrected chi connectivity index (χ0v) is 10.9. The highest BCUT2D eigenvalue weighted by molar-refractivity contribution is 5.59. The van der Waals surface area contributed by atoms with Crippen molar-refractivity contribution in [1.29, 1.82) is 0 Å². The van der Waals surface area contributed by atoms with Crippen LogP contribution in [-0.4, -0.2) is 38.1 Å². The standard InChI is InChI=1S/C15H19N3/c1-16-15(7-8-15)13-5-3-4-6-14(13)18-11-9-17(2)10-12-18/h3-6H,7-12H2,2H3. The zero-order valence-electron chi connectivity index (χ0n) is 10.9. The Morgan fingerprint density at radius 3 is 2.39 bits per heavy atom. The van der Waals surface area contributed by atoms with E-state index in [1.807, 2.05) is 0 Å². The van der Waals surface area contributed by atoms with Gasteiger partial charge in [-0.1, -0.05) is 12.1 Å². The molecule has 94 valence electrons. The van der Waals surface area contributed by atoms with Gasteiger partial charge in [0.2, 0.25) is 0 Å². The van der Waals surface area contributed by atoms with Crippen molar-refractivity contribution in [3.8, 4) is 0 Å². The van der Waals surface area contributed by atoms with Crippen molar-refractivity contribution >= 4 is 5.69 Å². The fraction of sp³-hybridized carbons (Fsp3) is 0.533. The fourth-order valence-corrected chi connectivity index (χ4v) is 2.75. The largest absolute Gasteiger partial charge is 0.368 e. The van der Waals surface area contributed by atoms with Gasteiger partial charge in [0.25, 0.3) is 5.54 Å². The van der Waals surface area contributed by atoms with Crippen molar-refractivity contribution < 1.29 is 0 Å². The third kappa shape index (κ3) is 1.87. The van der Waals surface area contributed by atoms with E-state index in [0.29, 0.717) is 0 Å². The lowest BCUT2D eigenvalue weighted by Gasteiger charge is -2.35. The number of hydrogen-bond acceptors (Lipinski definition) is 2. The molecule has 1 aliphatic carbocycles. The average Bonchev–Trinajstić information content (AvgIpc) is 3.21. The van der Waals surface area contributed by atoms with Crippen LogP contribution in [0.2, 0.25) is 0 Å². The van der Waals surface area contributed by atoms with Gasteiger partial charge in [-0.3, -0.25) is 0 Å². The molecule has 2 aliphatic rings. The molecule has 0 aromatic heterocycles. The number of para-hydroxylation sites is 1. The van der Waals surface area contributed by atoms with Gasteiger partial charge in [-0.15, -0.1) is 0 Å². The minimum absolute atomic E-state index is 0.195. The SMILES string of the molecule is [C-]#[N+]C1(c2ccccc2N2CCN(C)CC2)CC1. The number of nitrogens with zero attached hydrogens (tertiary/aromatic N) is 3. The summed E-state index contributed by atoms with van der Waals surface area (Å²) < 4.78 is 0. The Balaban J connectivity index is 1.91. The Morgan fingerprint density at radius 1 is 1.11 bits per heavy atom. The summed E-state index contributed by atoms with van der Waals surface area (Å²) in [7, 11) is 2.17. The molecule has 1 aromatic rings. The van der Waals surface area contributed by atoms with Crippen molar-refractivity contribution in [3.63, 3.8) is 0 Å². The van der Waals surface area contributed by atoms with Crippen molar-refractivity contribution in [1.82, 2.24) is 4.90 Å². The molecule has 0 bridgehead atoms. The third-order valence-corrected chi connectivity index (χ3v) is 4.19. The quantitative estimate of drug-likeness (QED) is 0.736. The molecule has 0 unspecified atom stereocenters. The summed E-state index contributed by atoms with van der Waals surface area (Å²) in [5.41, 5.74) is 2.35. The van der Waals surface area contributed by atoms with E-state index in [1.165, 1.54) is 11.3 Å². The molecular weight excluding hydrogens is 222 g/mol. The van der Waals surface area contributed by atoms with E-state index >= 15 is 0 Å². The molecule has 2 fully saturated rings. The van der Waals surface area contributed by atoms with Gasteiger partial charge in [-0.25, -0.2) is 6.57 Å². The van der Waals surface area contributed by atoms with E-state index in [4.69, 9.17) is 6.57 Å². The van der Waals surface area contributed by atoms with E-state index in [9.17, 15) is 0 Å². The summed E-state index contributed by atoms with van der Waals surface area (Å²) in [5, 5.41) is 0. The van der Waals surface area contributed by atoms with Crippen LogP contribution in [0.1, 0.15) is 18.4 Å². The lowest BCUT2D eigenvalue weighted by molar-refractivity contribution is 0.312. The molecule has 1 aromatic carbocycles. The minimum Gasteiger partial charge on any atom is -0.368 e. The Labute approximate surface area is 109 Å². The third-order valence-electron chi connectivity index (χ3n) is 4.19. The molecule has 1 saturated carbocycles. The molecule has 1 saturated heterocycles. The van der Waals surface area contributed by atoms with Gasteiger partial charge in [0.05, 0.1) is 5.56 Å². The number of benzene rings is 1. The molecule has 18 heavy (non-hydrogen) atoms. The molecule has 3 nitrogen and oxygen atoms in total. The Morgan fingerprint density at radius 2 is 1.78 bits per heavy atom. The first kappa shape index (κ1) is 11.6. The molecule has 0 radical (unpaired) electrons. The summed E-state index contributed by atoms with van der Waals surface area (Å²) in [6, 6.07) is 8.50. The van der Waals surface area contributed by atoms with Crippen LogP contribution in [0.3, 0.4) is 0 Å². The van der Waals surface area contributed by atoms with Crippen LogP contribution in [0.5, 0.6) is 0 Å². The van der Waals surface area contributed by atoms with E-state index in [-0.39, 0.29) is 5.54 Å². The van der Waals surface area contributed by atoms with Crippen LogP contribution >= 0.6 is 0 Å². The highest BCUT2D eigenvalue weighted by Gasteiger charge is 2.54. The first-order valence-corrected chi connectivity index (χ1v) is 6.67. The highest BCUT2D eigenvalue weighted by atomic mass is 15.2. The number of piperazine rings is 1. The van der Waals surface area contributed by atoms with E-state index in [2.05, 4.69) is 46.0 Å². The molecule has 0 spiro atoms. The van der Waals surface area contributed by atoms with E-state index in [1.54, 1.807) is 0 Å². The van der Waals surface area contributed by atoms with Crippen LogP contribution in [0.15, 0.2) is 24.3 Å². The van der Waals surface area contributed by atoms with Gasteiger partial charge in [0.1, 0.15) is 0 Å². The topological polar surface area (TPSA) is 10.8 Å². The predicted molar refractivity (Wildman–Crippen MR) is 73.7 cm³/mol. The molecule has 0 amide bonds. The molecule has 3 heteroatoms. The monoisotopic (exact) mass is 241 g/mol. The van der Waals surface area contributed by atoms with Gasteiger partial charge in [-0.05, 0) is 19.2 Å². The second-order valence-electron chi connectivity index (χ2n) is 5.45. The molecule has 0 atom stereocenters. The maximum absolute atomic E-state index is 7.45. The minimum atomic E-state index is -0.195. The maximum Gasteiger partial charge on any atom is 0.260 e. The summed E-state index contributed by atoms with van der Waals surface area (Å²) in [4.78, 5) is 8.69. The molecule has 3 rings (SSSR count).